The van der Waals surface area contributed by atoms with Gasteiger partial charge in [-0.15, -0.1) is 11.6 Å². The van der Waals surface area contributed by atoms with Gasteiger partial charge in [-0.2, -0.15) is 0 Å². The summed E-state index contributed by atoms with van der Waals surface area (Å²) in [4.78, 5) is 22.5. The summed E-state index contributed by atoms with van der Waals surface area (Å²) in [5.74, 6) is -0.393. The molecular weight excluding hydrogens is 291 g/mol. The van der Waals surface area contributed by atoms with Crippen molar-refractivity contribution in [1.29, 1.82) is 0 Å². The Morgan fingerprint density at radius 2 is 2.16 bits per heavy atom. The van der Waals surface area contributed by atoms with Gasteiger partial charge in [0, 0.05) is 11.9 Å². The maximum atomic E-state index is 12.2. The summed E-state index contributed by atoms with van der Waals surface area (Å²) in [5.41, 5.74) is -1.09. The molecule has 1 amide bonds. The van der Waals surface area contributed by atoms with Crippen LogP contribution >= 0.6 is 23.2 Å². The number of nitro benzene ring substituents is 1. The molecule has 1 atom stereocenters. The molecule has 1 rings (SSSR count). The maximum absolute atomic E-state index is 12.2. The summed E-state index contributed by atoms with van der Waals surface area (Å²) >= 11 is 11.7. The molecule has 0 spiro atoms. The molecule has 1 N–H and O–H groups in total. The molecule has 0 heterocycles. The zero-order valence-electron chi connectivity index (χ0n) is 10.6. The fourth-order valence-electron chi connectivity index (χ4n) is 1.44. The first-order valence-electron chi connectivity index (χ1n) is 5.66. The van der Waals surface area contributed by atoms with Crippen molar-refractivity contribution in [2.24, 2.45) is 0 Å². The zero-order valence-corrected chi connectivity index (χ0v) is 12.1. The second-order valence-corrected chi connectivity index (χ2v) is 5.07. The van der Waals surface area contributed by atoms with E-state index in [9.17, 15) is 14.9 Å². The quantitative estimate of drug-likeness (QED) is 0.515. The van der Waals surface area contributed by atoms with Gasteiger partial charge in [0.15, 0.2) is 0 Å². The number of nitro groups is 1. The minimum Gasteiger partial charge on any atom is -0.345 e. The van der Waals surface area contributed by atoms with Crippen molar-refractivity contribution in [2.75, 3.05) is 5.88 Å². The normalized spacial score (nSPS) is 13.7. The minimum atomic E-state index is -0.634. The number of nitrogens with zero attached hydrogens (tertiary/aromatic N) is 1. The van der Waals surface area contributed by atoms with Gasteiger partial charge in [-0.1, -0.05) is 24.6 Å². The van der Waals surface area contributed by atoms with Crippen LogP contribution in [-0.2, 0) is 0 Å². The van der Waals surface area contributed by atoms with E-state index in [1.54, 1.807) is 6.92 Å². The number of halogens is 2. The molecule has 0 saturated carbocycles. The van der Waals surface area contributed by atoms with Crippen molar-refractivity contribution in [3.8, 4) is 0 Å². The van der Waals surface area contributed by atoms with Crippen molar-refractivity contribution in [3.05, 3.63) is 38.9 Å². The van der Waals surface area contributed by atoms with Gasteiger partial charge in [-0.05, 0) is 19.4 Å². The SMILES string of the molecule is CCC(C)(CCl)NC(=O)c1c(Cl)cccc1[N+](=O)[O-]. The van der Waals surface area contributed by atoms with E-state index in [0.29, 0.717) is 6.42 Å². The van der Waals surface area contributed by atoms with Gasteiger partial charge in [-0.3, -0.25) is 14.9 Å². The number of alkyl halides is 1. The van der Waals surface area contributed by atoms with Gasteiger partial charge in [0.1, 0.15) is 5.56 Å². The Hall–Kier alpha value is -1.33. The highest BCUT2D eigenvalue weighted by atomic mass is 35.5. The molecule has 5 nitrogen and oxygen atoms in total. The van der Waals surface area contributed by atoms with Crippen LogP contribution in [0.4, 0.5) is 5.69 Å². The lowest BCUT2D eigenvalue weighted by Gasteiger charge is -2.27. The Labute approximate surface area is 121 Å². The Morgan fingerprint density at radius 1 is 1.53 bits per heavy atom. The molecule has 0 fully saturated rings. The highest BCUT2D eigenvalue weighted by Crippen LogP contribution is 2.27. The van der Waals surface area contributed by atoms with Gasteiger partial charge in [0.2, 0.25) is 0 Å². The molecule has 0 bridgehead atoms. The summed E-state index contributed by atoms with van der Waals surface area (Å²) in [6.45, 7) is 3.63. The number of nitrogens with one attached hydrogen (secondary N) is 1. The van der Waals surface area contributed by atoms with E-state index in [2.05, 4.69) is 5.32 Å². The molecule has 1 unspecified atom stereocenters. The lowest BCUT2D eigenvalue weighted by Crippen LogP contribution is -2.47. The Kier molecular flexibility index (Phi) is 5.14. The smallest absolute Gasteiger partial charge is 0.283 e. The van der Waals surface area contributed by atoms with E-state index in [1.165, 1.54) is 18.2 Å². The monoisotopic (exact) mass is 304 g/mol. The fraction of sp³-hybridized carbons (Fsp3) is 0.417. The van der Waals surface area contributed by atoms with Crippen LogP contribution in [0.15, 0.2) is 18.2 Å². The second kappa shape index (κ2) is 6.21. The van der Waals surface area contributed by atoms with E-state index in [-0.39, 0.29) is 22.2 Å². The second-order valence-electron chi connectivity index (χ2n) is 4.39. The lowest BCUT2D eigenvalue weighted by molar-refractivity contribution is -0.385. The van der Waals surface area contributed by atoms with Crippen molar-refractivity contribution >= 4 is 34.8 Å². The molecule has 1 aromatic rings. The molecule has 19 heavy (non-hydrogen) atoms. The van der Waals surface area contributed by atoms with Crippen LogP contribution in [-0.4, -0.2) is 22.2 Å². The van der Waals surface area contributed by atoms with E-state index < -0.39 is 16.4 Å². The van der Waals surface area contributed by atoms with Crippen molar-refractivity contribution in [3.63, 3.8) is 0 Å². The summed E-state index contributed by atoms with van der Waals surface area (Å²) < 4.78 is 0. The summed E-state index contributed by atoms with van der Waals surface area (Å²) in [6.07, 6.45) is 0.598. The Morgan fingerprint density at radius 3 is 2.63 bits per heavy atom. The molecule has 0 saturated heterocycles. The van der Waals surface area contributed by atoms with Gasteiger partial charge >= 0.3 is 0 Å². The van der Waals surface area contributed by atoms with Gasteiger partial charge in [-0.25, -0.2) is 0 Å². The van der Waals surface area contributed by atoms with E-state index in [4.69, 9.17) is 23.2 Å². The Balaban J connectivity index is 3.16. The first-order chi connectivity index (χ1) is 8.84. The molecule has 0 aliphatic heterocycles. The van der Waals surface area contributed by atoms with Crippen molar-refractivity contribution < 1.29 is 9.72 Å². The average molecular weight is 305 g/mol. The number of hydrogen-bond acceptors (Lipinski definition) is 3. The number of carbonyl (C=O) groups excluding carboxylic acids is 1. The van der Waals surface area contributed by atoms with Crippen molar-refractivity contribution in [2.45, 2.75) is 25.8 Å². The summed E-state index contributed by atoms with van der Waals surface area (Å²) in [6, 6.07) is 4.11. The van der Waals surface area contributed by atoms with Crippen LogP contribution in [0, 0.1) is 10.1 Å². The van der Waals surface area contributed by atoms with Crippen LogP contribution in [0.3, 0.4) is 0 Å². The molecule has 0 radical (unpaired) electrons. The van der Waals surface area contributed by atoms with E-state index in [0.717, 1.165) is 0 Å². The molecular formula is C12H14Cl2N2O3. The molecule has 7 heteroatoms. The van der Waals surface area contributed by atoms with Crippen LogP contribution < -0.4 is 5.32 Å². The predicted octanol–water partition coefficient (Wildman–Crippen LogP) is 3.39. The van der Waals surface area contributed by atoms with Crippen molar-refractivity contribution in [1.82, 2.24) is 5.32 Å². The fourth-order valence-corrected chi connectivity index (χ4v) is 1.95. The lowest BCUT2D eigenvalue weighted by atomic mass is 10.0. The topological polar surface area (TPSA) is 72.2 Å². The number of carbonyl (C=O) groups is 1. The third-order valence-electron chi connectivity index (χ3n) is 2.91. The molecule has 1 aromatic carbocycles. The molecule has 0 aliphatic carbocycles. The highest BCUT2D eigenvalue weighted by molar-refractivity contribution is 6.34. The Bertz CT molecular complexity index is 502. The average Bonchev–Trinajstić information content (AvgIpc) is 2.37. The first kappa shape index (κ1) is 15.7. The van der Waals surface area contributed by atoms with Crippen LogP contribution in [0.5, 0.6) is 0 Å². The van der Waals surface area contributed by atoms with Crippen LogP contribution in [0.25, 0.3) is 0 Å². The summed E-state index contributed by atoms with van der Waals surface area (Å²) in [5, 5.41) is 13.7. The van der Waals surface area contributed by atoms with Crippen LogP contribution in [0.1, 0.15) is 30.6 Å². The first-order valence-corrected chi connectivity index (χ1v) is 6.57. The number of benzene rings is 1. The third kappa shape index (κ3) is 3.58. The molecule has 0 aliphatic rings. The number of amides is 1. The zero-order chi connectivity index (χ0) is 14.6. The van der Waals surface area contributed by atoms with E-state index >= 15 is 0 Å². The largest absolute Gasteiger partial charge is 0.345 e. The van der Waals surface area contributed by atoms with Crippen LogP contribution in [0.2, 0.25) is 5.02 Å². The number of hydrogen-bond donors (Lipinski definition) is 1. The molecule has 104 valence electrons. The number of rotatable bonds is 5. The van der Waals surface area contributed by atoms with Gasteiger partial charge < -0.3 is 5.32 Å². The highest BCUT2D eigenvalue weighted by Gasteiger charge is 2.29. The minimum absolute atomic E-state index is 0.0414. The predicted molar refractivity (Wildman–Crippen MR) is 75.0 cm³/mol. The third-order valence-corrected chi connectivity index (χ3v) is 3.81. The molecule has 0 aromatic heterocycles. The van der Waals surface area contributed by atoms with Gasteiger partial charge in [0.25, 0.3) is 11.6 Å². The summed E-state index contributed by atoms with van der Waals surface area (Å²) in [7, 11) is 0. The van der Waals surface area contributed by atoms with Gasteiger partial charge in [0.05, 0.1) is 15.5 Å². The van der Waals surface area contributed by atoms with E-state index in [1.807, 2.05) is 6.92 Å². The standard InChI is InChI=1S/C12H14Cl2N2O3/c1-3-12(2,7-13)15-11(17)10-8(14)5-4-6-9(10)16(18)19/h4-6H,3,7H2,1-2H3,(H,15,17). The maximum Gasteiger partial charge on any atom is 0.283 e.